The Balaban J connectivity index is 2.39. The topological polar surface area (TPSA) is 50.7 Å². The number of nitrogens with zero attached hydrogens (tertiary/aromatic N) is 1. The van der Waals surface area contributed by atoms with Crippen LogP contribution >= 0.6 is 11.8 Å². The van der Waals surface area contributed by atoms with E-state index in [-0.39, 0.29) is 5.37 Å². The first-order valence-corrected chi connectivity index (χ1v) is 3.24. The summed E-state index contributed by atoms with van der Waals surface area (Å²) < 4.78 is 4.73. The number of hydrazone groups is 1. The molecule has 1 atom stereocenters. The summed E-state index contributed by atoms with van der Waals surface area (Å²) in [5.41, 5.74) is 2.57. The number of rotatable bonds is 1. The van der Waals surface area contributed by atoms with E-state index in [1.807, 2.05) is 0 Å². The molecule has 9 heavy (non-hydrogen) atoms. The van der Waals surface area contributed by atoms with Crippen molar-refractivity contribution in [2.75, 3.05) is 7.11 Å². The molecule has 0 spiro atoms. The van der Waals surface area contributed by atoms with Crippen LogP contribution in [0.25, 0.3) is 0 Å². The number of carbonyl (C=O) groups is 1. The molecule has 0 fully saturated rings. The summed E-state index contributed by atoms with van der Waals surface area (Å²) in [6.07, 6.45) is 0.778. The molecular formula is C4H6N2O2S. The van der Waals surface area contributed by atoms with Gasteiger partial charge in [-0.1, -0.05) is 0 Å². The number of carbonyl (C=O) groups excluding carboxylic acids is 1. The molecule has 5 heteroatoms. The van der Waals surface area contributed by atoms with E-state index in [0.29, 0.717) is 5.23 Å². The summed E-state index contributed by atoms with van der Waals surface area (Å²) in [5, 5.41) is 3.93. The van der Waals surface area contributed by atoms with Crippen LogP contribution in [0.1, 0.15) is 0 Å². The predicted molar refractivity (Wildman–Crippen MR) is 35.0 cm³/mol. The fourth-order valence-electron chi connectivity index (χ4n) is 0.430. The van der Waals surface area contributed by atoms with Gasteiger partial charge in [-0.05, 0) is 11.8 Å². The number of hydrogen-bond acceptors (Lipinski definition) is 5. The molecule has 0 bridgehead atoms. The number of aldehydes is 1. The van der Waals surface area contributed by atoms with Crippen LogP contribution in [-0.2, 0) is 9.53 Å². The van der Waals surface area contributed by atoms with E-state index in [4.69, 9.17) is 4.74 Å². The van der Waals surface area contributed by atoms with Gasteiger partial charge in [0.05, 0.1) is 7.11 Å². The van der Waals surface area contributed by atoms with Crippen molar-refractivity contribution in [3.05, 3.63) is 0 Å². The molecule has 1 aliphatic rings. The van der Waals surface area contributed by atoms with Gasteiger partial charge in [-0.3, -0.25) is 5.43 Å². The van der Waals surface area contributed by atoms with Crippen LogP contribution in [-0.4, -0.2) is 24.0 Å². The zero-order valence-corrected chi connectivity index (χ0v) is 5.64. The van der Waals surface area contributed by atoms with Crippen molar-refractivity contribution in [2.24, 2.45) is 5.10 Å². The van der Waals surface area contributed by atoms with Gasteiger partial charge in [0.1, 0.15) is 0 Å². The SMILES string of the molecule is COC1=NNC(C=O)S1. The van der Waals surface area contributed by atoms with Crippen LogP contribution in [0.3, 0.4) is 0 Å². The second-order valence-electron chi connectivity index (χ2n) is 1.39. The zero-order valence-electron chi connectivity index (χ0n) is 4.83. The molecule has 1 N–H and O–H groups in total. The van der Waals surface area contributed by atoms with Crippen molar-refractivity contribution >= 4 is 23.3 Å². The second kappa shape index (κ2) is 2.72. The third-order valence-electron chi connectivity index (χ3n) is 0.809. The van der Waals surface area contributed by atoms with Gasteiger partial charge in [-0.15, -0.1) is 5.10 Å². The maximum absolute atomic E-state index is 10.1. The van der Waals surface area contributed by atoms with Crippen molar-refractivity contribution in [2.45, 2.75) is 5.37 Å². The van der Waals surface area contributed by atoms with Crippen LogP contribution in [0.4, 0.5) is 0 Å². The van der Waals surface area contributed by atoms with E-state index in [1.54, 1.807) is 0 Å². The minimum absolute atomic E-state index is 0.264. The van der Waals surface area contributed by atoms with Crippen molar-refractivity contribution in [1.82, 2.24) is 5.43 Å². The Morgan fingerprint density at radius 2 is 2.78 bits per heavy atom. The first kappa shape index (κ1) is 6.41. The highest BCUT2D eigenvalue weighted by atomic mass is 32.2. The van der Waals surface area contributed by atoms with E-state index >= 15 is 0 Å². The van der Waals surface area contributed by atoms with Crippen molar-refractivity contribution in [3.8, 4) is 0 Å². The van der Waals surface area contributed by atoms with Gasteiger partial charge >= 0.3 is 0 Å². The molecular weight excluding hydrogens is 140 g/mol. The zero-order chi connectivity index (χ0) is 6.69. The molecule has 1 aliphatic heterocycles. The maximum Gasteiger partial charge on any atom is 0.269 e. The van der Waals surface area contributed by atoms with Crippen molar-refractivity contribution in [1.29, 1.82) is 0 Å². The van der Waals surface area contributed by atoms with Gasteiger partial charge in [0.15, 0.2) is 11.7 Å². The third-order valence-corrected chi connectivity index (χ3v) is 1.74. The van der Waals surface area contributed by atoms with Gasteiger partial charge in [0.25, 0.3) is 5.23 Å². The third kappa shape index (κ3) is 1.35. The summed E-state index contributed by atoms with van der Waals surface area (Å²) in [4.78, 5) is 10.1. The minimum atomic E-state index is -0.264. The van der Waals surface area contributed by atoms with E-state index in [2.05, 4.69) is 10.5 Å². The highest BCUT2D eigenvalue weighted by Crippen LogP contribution is 2.14. The monoisotopic (exact) mass is 146 g/mol. The summed E-state index contributed by atoms with van der Waals surface area (Å²) in [6, 6.07) is 0. The molecule has 1 heterocycles. The highest BCUT2D eigenvalue weighted by Gasteiger charge is 2.17. The van der Waals surface area contributed by atoms with E-state index in [9.17, 15) is 4.79 Å². The van der Waals surface area contributed by atoms with Crippen LogP contribution in [0.15, 0.2) is 5.10 Å². The van der Waals surface area contributed by atoms with Crippen LogP contribution in [0.5, 0.6) is 0 Å². The van der Waals surface area contributed by atoms with Crippen molar-refractivity contribution < 1.29 is 9.53 Å². The summed E-state index contributed by atoms with van der Waals surface area (Å²) in [7, 11) is 1.51. The Bertz CT molecular complexity index is 148. The van der Waals surface area contributed by atoms with Gasteiger partial charge in [-0.25, -0.2) is 0 Å². The summed E-state index contributed by atoms with van der Waals surface area (Å²) >= 11 is 1.26. The molecule has 1 rings (SSSR count). The second-order valence-corrected chi connectivity index (χ2v) is 2.48. The maximum atomic E-state index is 10.1. The average molecular weight is 146 g/mol. The fourth-order valence-corrected chi connectivity index (χ4v) is 1.01. The Kier molecular flexibility index (Phi) is 1.94. The molecule has 1 unspecified atom stereocenters. The van der Waals surface area contributed by atoms with Gasteiger partial charge in [-0.2, -0.15) is 0 Å². The van der Waals surface area contributed by atoms with Crippen LogP contribution in [0.2, 0.25) is 0 Å². The smallest absolute Gasteiger partial charge is 0.269 e. The number of thioether (sulfide) groups is 1. The molecule has 0 saturated heterocycles. The lowest BCUT2D eigenvalue weighted by molar-refractivity contribution is -0.107. The normalized spacial score (nSPS) is 24.6. The quantitative estimate of drug-likeness (QED) is 0.519. The van der Waals surface area contributed by atoms with Gasteiger partial charge in [0, 0.05) is 0 Å². The summed E-state index contributed by atoms with van der Waals surface area (Å²) in [5.74, 6) is 0. The average Bonchev–Trinajstić information content (AvgIpc) is 2.34. The molecule has 0 aromatic carbocycles. The van der Waals surface area contributed by atoms with Gasteiger partial charge < -0.3 is 9.53 Å². The molecule has 0 amide bonds. The number of nitrogens with one attached hydrogen (secondary N) is 1. The fraction of sp³-hybridized carbons (Fsp3) is 0.500. The van der Waals surface area contributed by atoms with E-state index in [0.717, 1.165) is 6.29 Å². The largest absolute Gasteiger partial charge is 0.475 e. The van der Waals surface area contributed by atoms with Crippen LogP contribution in [0, 0.1) is 0 Å². The molecule has 0 radical (unpaired) electrons. The van der Waals surface area contributed by atoms with Gasteiger partial charge in [0.2, 0.25) is 0 Å². The molecule has 0 aliphatic carbocycles. The number of methoxy groups -OCH3 is 1. The lowest BCUT2D eigenvalue weighted by Crippen LogP contribution is -2.16. The minimum Gasteiger partial charge on any atom is -0.475 e. The summed E-state index contributed by atoms with van der Waals surface area (Å²) in [6.45, 7) is 0. The van der Waals surface area contributed by atoms with E-state index in [1.165, 1.54) is 18.9 Å². The molecule has 0 aromatic heterocycles. The highest BCUT2D eigenvalue weighted by molar-refractivity contribution is 8.14. The Morgan fingerprint density at radius 3 is 3.11 bits per heavy atom. The first-order valence-electron chi connectivity index (χ1n) is 2.36. The Hall–Kier alpha value is -0.710. The van der Waals surface area contributed by atoms with E-state index < -0.39 is 0 Å². The predicted octanol–water partition coefficient (Wildman–Crippen LogP) is -0.235. The van der Waals surface area contributed by atoms with Crippen molar-refractivity contribution in [3.63, 3.8) is 0 Å². The lowest BCUT2D eigenvalue weighted by atomic mass is 10.8. The molecule has 0 aromatic rings. The number of hydrogen-bond donors (Lipinski definition) is 1. The van der Waals surface area contributed by atoms with Crippen LogP contribution < -0.4 is 5.43 Å². The lowest BCUT2D eigenvalue weighted by Gasteiger charge is -1.94. The Labute approximate surface area is 56.6 Å². The molecule has 4 nitrogen and oxygen atoms in total. The first-order chi connectivity index (χ1) is 4.36. The molecule has 0 saturated carbocycles. The number of ether oxygens (including phenoxy) is 1. The standard InChI is InChI=1S/C4H6N2O2S/c1-8-4-6-5-3(2-7)9-4/h2-3,5H,1H3. The molecule has 50 valence electrons. The Morgan fingerprint density at radius 1 is 2.00 bits per heavy atom.